The van der Waals surface area contributed by atoms with E-state index in [0.29, 0.717) is 13.0 Å². The van der Waals surface area contributed by atoms with Crippen LogP contribution < -0.4 is 10.1 Å². The van der Waals surface area contributed by atoms with Gasteiger partial charge in [-0.2, -0.15) is 0 Å². The average molecular weight is 328 g/mol. The molecule has 4 nitrogen and oxygen atoms in total. The second-order valence-electron chi connectivity index (χ2n) is 4.98. The van der Waals surface area contributed by atoms with Gasteiger partial charge in [-0.15, -0.1) is 0 Å². The predicted octanol–water partition coefficient (Wildman–Crippen LogP) is 2.81. The third-order valence-electron chi connectivity index (χ3n) is 3.74. The number of methoxy groups -OCH3 is 1. The molecule has 0 amide bonds. The first kappa shape index (κ1) is 14.3. The lowest BCUT2D eigenvalue weighted by atomic mass is 9.94. The normalized spacial score (nSPS) is 22.5. The fourth-order valence-electron chi connectivity index (χ4n) is 2.71. The van der Waals surface area contributed by atoms with Crippen LogP contribution >= 0.6 is 15.9 Å². The molecule has 0 spiro atoms. The molecule has 2 atom stereocenters. The first-order valence-corrected chi connectivity index (χ1v) is 7.04. The van der Waals surface area contributed by atoms with E-state index < -0.39 is 5.97 Å². The van der Waals surface area contributed by atoms with E-state index in [-0.39, 0.29) is 12.0 Å². The Morgan fingerprint density at radius 3 is 2.74 bits per heavy atom. The minimum absolute atomic E-state index is 0.0345. The summed E-state index contributed by atoms with van der Waals surface area (Å²) in [7, 11) is 1.66. The van der Waals surface area contributed by atoms with E-state index >= 15 is 0 Å². The lowest BCUT2D eigenvalue weighted by Crippen LogP contribution is -2.18. The van der Waals surface area contributed by atoms with Crippen molar-refractivity contribution in [2.45, 2.75) is 26.3 Å². The molecular weight excluding hydrogens is 310 g/mol. The van der Waals surface area contributed by atoms with Crippen LogP contribution in [0.4, 0.5) is 0 Å². The summed E-state index contributed by atoms with van der Waals surface area (Å²) in [5.74, 6) is -0.212. The summed E-state index contributed by atoms with van der Waals surface area (Å²) in [6, 6.07) is 2.06. The van der Waals surface area contributed by atoms with E-state index in [4.69, 9.17) is 9.84 Å². The second-order valence-corrected chi connectivity index (χ2v) is 5.83. The fraction of sp³-hybridized carbons (Fsp3) is 0.500. The number of ether oxygens (including phenoxy) is 1. The molecule has 0 aromatic heterocycles. The third-order valence-corrected chi connectivity index (χ3v) is 4.56. The number of aliphatic carboxylic acids is 1. The molecular formula is C14H18BrNO3. The number of halogens is 1. The Hall–Kier alpha value is -1.07. The minimum Gasteiger partial charge on any atom is -0.496 e. The number of nitrogens with one attached hydrogen (secondary N) is 1. The van der Waals surface area contributed by atoms with Gasteiger partial charge in [-0.1, -0.05) is 15.9 Å². The Labute approximate surface area is 121 Å². The van der Waals surface area contributed by atoms with Crippen LogP contribution in [0.15, 0.2) is 10.5 Å². The van der Waals surface area contributed by atoms with Crippen molar-refractivity contribution in [3.63, 3.8) is 0 Å². The molecule has 1 fully saturated rings. The standard InChI is InChI=1S/C14H18BrNO3/c1-7-4-10(15)8(2)12(13(7)19-3)11-5-9(6-16-11)14(17)18/h4,9,11,16H,5-6H2,1-3H3,(H,17,18). The highest BCUT2D eigenvalue weighted by atomic mass is 79.9. The molecule has 2 unspecified atom stereocenters. The van der Waals surface area contributed by atoms with Crippen LogP contribution in [0.5, 0.6) is 5.75 Å². The number of rotatable bonds is 3. The van der Waals surface area contributed by atoms with Gasteiger partial charge in [0.1, 0.15) is 5.75 Å². The minimum atomic E-state index is -0.738. The van der Waals surface area contributed by atoms with Crippen LogP contribution in [0.2, 0.25) is 0 Å². The quantitative estimate of drug-likeness (QED) is 0.896. The van der Waals surface area contributed by atoms with Gasteiger partial charge in [0.15, 0.2) is 0 Å². The second kappa shape index (κ2) is 5.51. The highest BCUT2D eigenvalue weighted by Gasteiger charge is 2.33. The number of hydrogen-bond donors (Lipinski definition) is 2. The molecule has 2 N–H and O–H groups in total. The molecule has 0 saturated carbocycles. The summed E-state index contributed by atoms with van der Waals surface area (Å²) in [5.41, 5.74) is 3.22. The zero-order valence-corrected chi connectivity index (χ0v) is 12.9. The van der Waals surface area contributed by atoms with Crippen LogP contribution in [-0.2, 0) is 4.79 Å². The van der Waals surface area contributed by atoms with Gasteiger partial charge in [0.2, 0.25) is 0 Å². The van der Waals surface area contributed by atoms with Crippen LogP contribution in [0.25, 0.3) is 0 Å². The molecule has 0 aliphatic carbocycles. The summed E-state index contributed by atoms with van der Waals surface area (Å²) < 4.78 is 6.54. The third kappa shape index (κ3) is 2.62. The number of benzene rings is 1. The van der Waals surface area contributed by atoms with E-state index in [0.717, 1.165) is 26.9 Å². The first-order valence-electron chi connectivity index (χ1n) is 6.25. The zero-order chi connectivity index (χ0) is 14.2. The van der Waals surface area contributed by atoms with Gasteiger partial charge >= 0.3 is 5.97 Å². The number of carboxylic acids is 1. The van der Waals surface area contributed by atoms with Crippen LogP contribution in [0, 0.1) is 19.8 Å². The first-order chi connectivity index (χ1) is 8.95. The van der Waals surface area contributed by atoms with Crippen molar-refractivity contribution in [3.05, 3.63) is 27.2 Å². The smallest absolute Gasteiger partial charge is 0.307 e. The fourth-order valence-corrected chi connectivity index (χ4v) is 3.27. The van der Waals surface area contributed by atoms with E-state index in [1.54, 1.807) is 7.11 Å². The van der Waals surface area contributed by atoms with Crippen LogP contribution in [0.3, 0.4) is 0 Å². The molecule has 1 saturated heterocycles. The van der Waals surface area contributed by atoms with Gasteiger partial charge in [-0.25, -0.2) is 0 Å². The summed E-state index contributed by atoms with van der Waals surface area (Å²) in [5, 5.41) is 12.4. The number of hydrogen-bond acceptors (Lipinski definition) is 3. The Balaban J connectivity index is 2.42. The van der Waals surface area contributed by atoms with Gasteiger partial charge < -0.3 is 15.2 Å². The molecule has 0 radical (unpaired) electrons. The molecule has 5 heteroatoms. The molecule has 1 heterocycles. The Morgan fingerprint density at radius 1 is 1.53 bits per heavy atom. The molecule has 1 aliphatic rings. The van der Waals surface area contributed by atoms with Crippen molar-refractivity contribution < 1.29 is 14.6 Å². The Kier molecular flexibility index (Phi) is 4.16. The Bertz CT molecular complexity index is 516. The summed E-state index contributed by atoms with van der Waals surface area (Å²) in [4.78, 5) is 11.1. The topological polar surface area (TPSA) is 58.6 Å². The predicted molar refractivity (Wildman–Crippen MR) is 76.7 cm³/mol. The number of carboxylic acid groups (broad SMARTS) is 1. The molecule has 1 aromatic carbocycles. The van der Waals surface area contributed by atoms with Crippen molar-refractivity contribution in [2.75, 3.05) is 13.7 Å². The van der Waals surface area contributed by atoms with Crippen molar-refractivity contribution in [2.24, 2.45) is 5.92 Å². The lowest BCUT2D eigenvalue weighted by Gasteiger charge is -2.21. The highest BCUT2D eigenvalue weighted by Crippen LogP contribution is 2.40. The zero-order valence-electron chi connectivity index (χ0n) is 11.3. The van der Waals surface area contributed by atoms with E-state index in [2.05, 4.69) is 21.2 Å². The molecule has 1 aliphatic heterocycles. The monoisotopic (exact) mass is 327 g/mol. The maximum atomic E-state index is 11.1. The maximum absolute atomic E-state index is 11.1. The van der Waals surface area contributed by atoms with E-state index in [1.807, 2.05) is 19.9 Å². The molecule has 2 rings (SSSR count). The van der Waals surface area contributed by atoms with Gasteiger partial charge in [0.25, 0.3) is 0 Å². The van der Waals surface area contributed by atoms with Crippen LogP contribution in [-0.4, -0.2) is 24.7 Å². The maximum Gasteiger partial charge on any atom is 0.307 e. The van der Waals surface area contributed by atoms with Gasteiger partial charge in [-0.05, 0) is 37.5 Å². The summed E-state index contributed by atoms with van der Waals surface area (Å²) in [6.45, 7) is 4.53. The molecule has 104 valence electrons. The van der Waals surface area contributed by atoms with Gasteiger partial charge in [0, 0.05) is 22.6 Å². The summed E-state index contributed by atoms with van der Waals surface area (Å²) in [6.07, 6.45) is 0.600. The summed E-state index contributed by atoms with van der Waals surface area (Å²) >= 11 is 3.55. The number of aryl methyl sites for hydroxylation is 1. The van der Waals surface area contributed by atoms with Gasteiger partial charge in [0.05, 0.1) is 13.0 Å². The molecule has 1 aromatic rings. The molecule has 0 bridgehead atoms. The van der Waals surface area contributed by atoms with E-state index in [9.17, 15) is 4.79 Å². The van der Waals surface area contributed by atoms with E-state index in [1.165, 1.54) is 0 Å². The van der Waals surface area contributed by atoms with Gasteiger partial charge in [-0.3, -0.25) is 4.79 Å². The van der Waals surface area contributed by atoms with Crippen molar-refractivity contribution in [3.8, 4) is 5.75 Å². The van der Waals surface area contributed by atoms with Crippen molar-refractivity contribution >= 4 is 21.9 Å². The SMILES string of the molecule is COc1c(C)cc(Br)c(C)c1C1CC(C(=O)O)CN1. The lowest BCUT2D eigenvalue weighted by molar-refractivity contribution is -0.141. The van der Waals surface area contributed by atoms with Crippen molar-refractivity contribution in [1.29, 1.82) is 0 Å². The largest absolute Gasteiger partial charge is 0.496 e. The van der Waals surface area contributed by atoms with Crippen molar-refractivity contribution in [1.82, 2.24) is 5.32 Å². The number of carbonyl (C=O) groups is 1. The van der Waals surface area contributed by atoms with Crippen LogP contribution in [0.1, 0.15) is 29.2 Å². The highest BCUT2D eigenvalue weighted by molar-refractivity contribution is 9.10. The Morgan fingerprint density at radius 2 is 2.21 bits per heavy atom. The molecule has 19 heavy (non-hydrogen) atoms. The average Bonchev–Trinajstić information content (AvgIpc) is 2.82.